The van der Waals surface area contributed by atoms with Gasteiger partial charge in [-0.15, -0.1) is 0 Å². The molecular weight excluding hydrogens is 224 g/mol. The minimum Gasteiger partial charge on any atom is -0.381 e. The van der Waals surface area contributed by atoms with Crippen LogP contribution in [0, 0.1) is 0 Å². The highest BCUT2D eigenvalue weighted by Crippen LogP contribution is 2.11. The number of unbranched alkanes of at least 4 members (excludes halogenated alkanes) is 7. The second kappa shape index (κ2) is 12.8. The Labute approximate surface area is 113 Å². The van der Waals surface area contributed by atoms with E-state index in [-0.39, 0.29) is 6.10 Å². The van der Waals surface area contributed by atoms with Crippen molar-refractivity contribution in [2.24, 2.45) is 0 Å². The van der Waals surface area contributed by atoms with Gasteiger partial charge in [0.1, 0.15) is 6.29 Å². The number of hydrogen-bond acceptors (Lipinski definition) is 2. The van der Waals surface area contributed by atoms with Gasteiger partial charge in [0.05, 0.1) is 6.10 Å². The fraction of sp³-hybridized carbons (Fsp3) is 0.812. The molecule has 0 spiro atoms. The van der Waals surface area contributed by atoms with Gasteiger partial charge in [-0.25, -0.2) is 0 Å². The van der Waals surface area contributed by atoms with E-state index in [0.717, 1.165) is 24.7 Å². The summed E-state index contributed by atoms with van der Waals surface area (Å²) in [6, 6.07) is 0. The maximum Gasteiger partial charge on any atom is 0.145 e. The van der Waals surface area contributed by atoms with Crippen molar-refractivity contribution >= 4 is 6.29 Å². The van der Waals surface area contributed by atoms with E-state index in [1.807, 2.05) is 6.92 Å². The van der Waals surface area contributed by atoms with Crippen LogP contribution in [0.25, 0.3) is 0 Å². The van der Waals surface area contributed by atoms with Crippen LogP contribution in [0.1, 0.15) is 71.6 Å². The van der Waals surface area contributed by atoms with Crippen molar-refractivity contribution in [3.63, 3.8) is 0 Å². The van der Waals surface area contributed by atoms with Gasteiger partial charge >= 0.3 is 0 Å². The summed E-state index contributed by atoms with van der Waals surface area (Å²) < 4.78 is 5.17. The Balaban J connectivity index is 3.56. The fourth-order valence-corrected chi connectivity index (χ4v) is 1.98. The molecule has 0 saturated carbocycles. The van der Waals surface area contributed by atoms with E-state index in [1.54, 1.807) is 7.11 Å². The standard InChI is InChI=1S/C16H30O2/c1-4-5-6-7-8-9-10-11-12-16(14-17)13-15(2)18-3/h12,14-15H,4-11,13H2,1-3H3/b16-12-. The fourth-order valence-electron chi connectivity index (χ4n) is 1.98. The molecule has 0 heterocycles. The third kappa shape index (κ3) is 10.5. The molecule has 0 aromatic carbocycles. The van der Waals surface area contributed by atoms with E-state index < -0.39 is 0 Å². The van der Waals surface area contributed by atoms with Gasteiger partial charge in [-0.1, -0.05) is 51.5 Å². The molecule has 0 saturated heterocycles. The highest BCUT2D eigenvalue weighted by atomic mass is 16.5. The SMILES string of the molecule is CCCCCCCCC/C=C(\C=O)CC(C)OC. The lowest BCUT2D eigenvalue weighted by molar-refractivity contribution is -0.105. The molecule has 0 aliphatic heterocycles. The van der Waals surface area contributed by atoms with Crippen LogP contribution in [0.3, 0.4) is 0 Å². The molecule has 0 N–H and O–H groups in total. The monoisotopic (exact) mass is 254 g/mol. The average Bonchev–Trinajstić information content (AvgIpc) is 2.40. The molecule has 1 atom stereocenters. The highest BCUT2D eigenvalue weighted by molar-refractivity contribution is 5.73. The second-order valence-corrected chi connectivity index (χ2v) is 5.06. The van der Waals surface area contributed by atoms with Crippen molar-refractivity contribution in [1.29, 1.82) is 0 Å². The van der Waals surface area contributed by atoms with Gasteiger partial charge in [0, 0.05) is 13.5 Å². The molecule has 0 aromatic rings. The molecule has 0 aliphatic rings. The molecular formula is C16H30O2. The molecule has 0 radical (unpaired) electrons. The molecule has 2 heteroatoms. The minimum absolute atomic E-state index is 0.135. The van der Waals surface area contributed by atoms with E-state index >= 15 is 0 Å². The minimum atomic E-state index is 0.135. The quantitative estimate of drug-likeness (QED) is 0.287. The largest absolute Gasteiger partial charge is 0.381 e. The van der Waals surface area contributed by atoms with Gasteiger partial charge in [0.2, 0.25) is 0 Å². The Morgan fingerprint density at radius 1 is 1.11 bits per heavy atom. The lowest BCUT2D eigenvalue weighted by atomic mass is 10.1. The van der Waals surface area contributed by atoms with Crippen molar-refractivity contribution in [3.05, 3.63) is 11.6 Å². The predicted molar refractivity (Wildman–Crippen MR) is 77.8 cm³/mol. The average molecular weight is 254 g/mol. The molecule has 0 aromatic heterocycles. The smallest absolute Gasteiger partial charge is 0.145 e. The van der Waals surface area contributed by atoms with E-state index in [9.17, 15) is 4.79 Å². The van der Waals surface area contributed by atoms with E-state index in [0.29, 0.717) is 0 Å². The van der Waals surface area contributed by atoms with Crippen molar-refractivity contribution in [2.75, 3.05) is 7.11 Å². The summed E-state index contributed by atoms with van der Waals surface area (Å²) in [5.74, 6) is 0. The summed E-state index contributed by atoms with van der Waals surface area (Å²) >= 11 is 0. The summed E-state index contributed by atoms with van der Waals surface area (Å²) in [6.45, 7) is 4.23. The highest BCUT2D eigenvalue weighted by Gasteiger charge is 2.03. The molecule has 0 fully saturated rings. The zero-order valence-corrected chi connectivity index (χ0v) is 12.4. The molecule has 0 amide bonds. The van der Waals surface area contributed by atoms with Gasteiger partial charge in [0.15, 0.2) is 0 Å². The first-order valence-electron chi connectivity index (χ1n) is 7.41. The second-order valence-electron chi connectivity index (χ2n) is 5.06. The predicted octanol–water partition coefficient (Wildman–Crippen LogP) is 4.68. The van der Waals surface area contributed by atoms with Crippen molar-refractivity contribution in [2.45, 2.75) is 77.7 Å². The molecule has 0 aliphatic carbocycles. The molecule has 1 unspecified atom stereocenters. The summed E-state index contributed by atoms with van der Waals surface area (Å²) in [5.41, 5.74) is 0.885. The van der Waals surface area contributed by atoms with Crippen LogP contribution in [-0.4, -0.2) is 19.5 Å². The topological polar surface area (TPSA) is 26.3 Å². The van der Waals surface area contributed by atoms with Crippen LogP contribution >= 0.6 is 0 Å². The zero-order chi connectivity index (χ0) is 13.6. The van der Waals surface area contributed by atoms with Gasteiger partial charge in [-0.05, 0) is 25.3 Å². The van der Waals surface area contributed by atoms with Crippen LogP contribution in [0.4, 0.5) is 0 Å². The Kier molecular flexibility index (Phi) is 12.4. The molecule has 0 rings (SSSR count). The number of hydrogen-bond donors (Lipinski definition) is 0. The Morgan fingerprint density at radius 2 is 1.72 bits per heavy atom. The molecule has 2 nitrogen and oxygen atoms in total. The normalized spacial score (nSPS) is 13.6. The van der Waals surface area contributed by atoms with E-state index in [1.165, 1.54) is 44.9 Å². The van der Waals surface area contributed by atoms with E-state index in [2.05, 4.69) is 13.0 Å². The third-order valence-electron chi connectivity index (χ3n) is 3.29. The Hall–Kier alpha value is -0.630. The molecule has 0 bridgehead atoms. The number of aldehydes is 1. The number of rotatable bonds is 12. The lowest BCUT2D eigenvalue weighted by Crippen LogP contribution is -2.06. The van der Waals surface area contributed by atoms with Crippen molar-refractivity contribution < 1.29 is 9.53 Å². The summed E-state index contributed by atoms with van der Waals surface area (Å²) in [7, 11) is 1.68. The lowest BCUT2D eigenvalue weighted by Gasteiger charge is -2.08. The number of carbonyl (C=O) groups is 1. The van der Waals surface area contributed by atoms with E-state index in [4.69, 9.17) is 4.74 Å². The van der Waals surface area contributed by atoms with Crippen LogP contribution in [0.5, 0.6) is 0 Å². The first-order valence-corrected chi connectivity index (χ1v) is 7.41. The number of carbonyl (C=O) groups excluding carboxylic acids is 1. The number of allylic oxidation sites excluding steroid dienone is 1. The number of ether oxygens (including phenoxy) is 1. The molecule has 18 heavy (non-hydrogen) atoms. The third-order valence-corrected chi connectivity index (χ3v) is 3.29. The zero-order valence-electron chi connectivity index (χ0n) is 12.4. The molecule has 106 valence electrons. The number of methoxy groups -OCH3 is 1. The van der Waals surface area contributed by atoms with Gasteiger partial charge in [0.25, 0.3) is 0 Å². The maximum absolute atomic E-state index is 10.9. The van der Waals surface area contributed by atoms with Gasteiger partial charge in [-0.2, -0.15) is 0 Å². The van der Waals surface area contributed by atoms with Crippen LogP contribution in [0.2, 0.25) is 0 Å². The van der Waals surface area contributed by atoms with Crippen LogP contribution in [-0.2, 0) is 9.53 Å². The van der Waals surface area contributed by atoms with Crippen LogP contribution in [0.15, 0.2) is 11.6 Å². The summed E-state index contributed by atoms with van der Waals surface area (Å²) in [6.07, 6.45) is 14.2. The van der Waals surface area contributed by atoms with Crippen molar-refractivity contribution in [3.8, 4) is 0 Å². The summed E-state index contributed by atoms with van der Waals surface area (Å²) in [5, 5.41) is 0. The summed E-state index contributed by atoms with van der Waals surface area (Å²) in [4.78, 5) is 10.9. The maximum atomic E-state index is 10.9. The first kappa shape index (κ1) is 17.4. The Morgan fingerprint density at radius 3 is 2.28 bits per heavy atom. The van der Waals surface area contributed by atoms with Gasteiger partial charge < -0.3 is 4.74 Å². The Bertz CT molecular complexity index is 221. The van der Waals surface area contributed by atoms with Crippen molar-refractivity contribution in [1.82, 2.24) is 0 Å². The first-order chi connectivity index (χ1) is 8.74. The van der Waals surface area contributed by atoms with Gasteiger partial charge in [-0.3, -0.25) is 4.79 Å². The van der Waals surface area contributed by atoms with Crippen LogP contribution < -0.4 is 0 Å².